The number of anilines is 1. The van der Waals surface area contributed by atoms with Crippen LogP contribution >= 0.6 is 0 Å². The van der Waals surface area contributed by atoms with Gasteiger partial charge in [0, 0.05) is 23.4 Å². The molecular weight excluding hydrogens is 278 g/mol. The van der Waals surface area contributed by atoms with E-state index in [2.05, 4.69) is 0 Å². The minimum Gasteiger partial charge on any atom is -0.398 e. The second-order valence-electron chi connectivity index (χ2n) is 5.18. The third-order valence-electron chi connectivity index (χ3n) is 3.71. The summed E-state index contributed by atoms with van der Waals surface area (Å²) < 4.78 is 0. The van der Waals surface area contributed by atoms with Gasteiger partial charge in [-0.05, 0) is 12.1 Å². The fourth-order valence-electron chi connectivity index (χ4n) is 2.77. The maximum Gasteiger partial charge on any atom is 0.255 e. The Morgan fingerprint density at radius 1 is 1.29 bits per heavy atom. The number of amides is 3. The predicted molar refractivity (Wildman–Crippen MR) is 69.5 cm³/mol. The van der Waals surface area contributed by atoms with Crippen molar-refractivity contribution < 1.29 is 24.6 Å². The lowest BCUT2D eigenvalue weighted by Gasteiger charge is -2.38. The summed E-state index contributed by atoms with van der Waals surface area (Å²) in [7, 11) is 0. The summed E-state index contributed by atoms with van der Waals surface area (Å²) in [6.45, 7) is -0.0179. The number of rotatable bonds is 1. The molecule has 8 nitrogen and oxygen atoms in total. The van der Waals surface area contributed by atoms with Crippen molar-refractivity contribution in [1.29, 1.82) is 0 Å². The first-order valence-corrected chi connectivity index (χ1v) is 6.28. The van der Waals surface area contributed by atoms with E-state index in [1.807, 2.05) is 5.32 Å². The largest absolute Gasteiger partial charge is 0.398 e. The van der Waals surface area contributed by atoms with Crippen molar-refractivity contribution in [3.8, 4) is 0 Å². The topological polar surface area (TPSA) is 133 Å². The molecule has 2 heterocycles. The smallest absolute Gasteiger partial charge is 0.255 e. The summed E-state index contributed by atoms with van der Waals surface area (Å²) in [5.74, 6) is -4.86. The first-order chi connectivity index (χ1) is 9.81. The summed E-state index contributed by atoms with van der Waals surface area (Å²) in [6.07, 6.45) is -0.682. The van der Waals surface area contributed by atoms with Crippen LogP contribution in [0.1, 0.15) is 22.3 Å². The number of imide groups is 1. The number of piperidine rings is 1. The Labute approximate surface area is 119 Å². The van der Waals surface area contributed by atoms with Crippen LogP contribution in [-0.2, 0) is 16.1 Å². The molecule has 3 rings (SSSR count). The number of carbonyl (C=O) groups excluding carboxylic acids is 3. The summed E-state index contributed by atoms with van der Waals surface area (Å²) in [4.78, 5) is 36.5. The van der Waals surface area contributed by atoms with E-state index in [0.29, 0.717) is 16.8 Å². The molecule has 2 aliphatic rings. The number of carbonyl (C=O) groups is 3. The normalized spacial score (nSPS) is 24.0. The lowest BCUT2D eigenvalue weighted by molar-refractivity contribution is -0.213. The van der Waals surface area contributed by atoms with Gasteiger partial charge in [-0.2, -0.15) is 0 Å². The van der Waals surface area contributed by atoms with Gasteiger partial charge < -0.3 is 20.8 Å². The molecule has 110 valence electrons. The van der Waals surface area contributed by atoms with Crippen LogP contribution in [0.25, 0.3) is 0 Å². The quantitative estimate of drug-likeness (QED) is 0.277. The van der Waals surface area contributed by atoms with Gasteiger partial charge in [0.1, 0.15) is 0 Å². The molecule has 2 aliphatic heterocycles. The van der Waals surface area contributed by atoms with Crippen LogP contribution in [0.5, 0.6) is 0 Å². The fourth-order valence-corrected chi connectivity index (χ4v) is 2.77. The number of benzene rings is 1. The molecule has 0 bridgehead atoms. The van der Waals surface area contributed by atoms with E-state index in [1.165, 1.54) is 0 Å². The van der Waals surface area contributed by atoms with Crippen molar-refractivity contribution in [2.45, 2.75) is 24.8 Å². The molecule has 1 aromatic rings. The van der Waals surface area contributed by atoms with E-state index >= 15 is 0 Å². The first-order valence-electron chi connectivity index (χ1n) is 6.28. The average Bonchev–Trinajstić information content (AvgIpc) is 2.67. The van der Waals surface area contributed by atoms with E-state index in [-0.39, 0.29) is 6.54 Å². The van der Waals surface area contributed by atoms with Gasteiger partial charge in [0.25, 0.3) is 11.8 Å². The van der Waals surface area contributed by atoms with Gasteiger partial charge >= 0.3 is 0 Å². The molecule has 1 fully saturated rings. The summed E-state index contributed by atoms with van der Waals surface area (Å²) in [5.41, 5.74) is 7.02. The number of nitrogens with one attached hydrogen (secondary N) is 1. The van der Waals surface area contributed by atoms with Crippen molar-refractivity contribution in [2.75, 3.05) is 5.73 Å². The van der Waals surface area contributed by atoms with E-state index in [0.717, 1.165) is 4.90 Å². The van der Waals surface area contributed by atoms with E-state index in [4.69, 9.17) is 5.73 Å². The molecule has 5 N–H and O–H groups in total. The Hall–Kier alpha value is -2.45. The highest BCUT2D eigenvalue weighted by atomic mass is 16.5. The van der Waals surface area contributed by atoms with Gasteiger partial charge in [-0.1, -0.05) is 6.07 Å². The van der Waals surface area contributed by atoms with Gasteiger partial charge in [-0.3, -0.25) is 19.7 Å². The molecule has 0 aromatic heterocycles. The maximum absolute atomic E-state index is 12.3. The Balaban J connectivity index is 1.99. The van der Waals surface area contributed by atoms with Crippen LogP contribution in [0.2, 0.25) is 0 Å². The third-order valence-corrected chi connectivity index (χ3v) is 3.71. The zero-order valence-electron chi connectivity index (χ0n) is 10.9. The lowest BCUT2D eigenvalue weighted by atomic mass is 9.96. The van der Waals surface area contributed by atoms with Crippen LogP contribution in [0.4, 0.5) is 5.69 Å². The zero-order chi connectivity index (χ0) is 15.4. The number of hydrogen-bond donors (Lipinski definition) is 4. The monoisotopic (exact) mass is 291 g/mol. The Bertz CT molecular complexity index is 670. The second-order valence-corrected chi connectivity index (χ2v) is 5.18. The standard InChI is InChI=1S/C13H13N3O5/c14-8-3-1-2-6-7(8)5-16(12(6)19)10-11(18)15-9(17)4-13(10,20)21/h1-3,10,20-21H,4-5,14H2,(H,15,17,18). The number of nitrogens with two attached hydrogens (primary N) is 1. The van der Waals surface area contributed by atoms with Gasteiger partial charge in [0.15, 0.2) is 6.04 Å². The number of aliphatic hydroxyl groups is 2. The zero-order valence-corrected chi connectivity index (χ0v) is 10.9. The van der Waals surface area contributed by atoms with Gasteiger partial charge in [-0.15, -0.1) is 0 Å². The molecule has 1 saturated heterocycles. The molecule has 0 saturated carbocycles. The second kappa shape index (κ2) is 4.27. The summed E-state index contributed by atoms with van der Waals surface area (Å²) in [5, 5.41) is 21.9. The molecule has 0 radical (unpaired) electrons. The van der Waals surface area contributed by atoms with Crippen molar-refractivity contribution in [2.24, 2.45) is 0 Å². The highest BCUT2D eigenvalue weighted by Gasteiger charge is 2.52. The van der Waals surface area contributed by atoms with Crippen molar-refractivity contribution in [3.05, 3.63) is 29.3 Å². The summed E-state index contributed by atoms with van der Waals surface area (Å²) in [6, 6.07) is 3.21. The van der Waals surface area contributed by atoms with Crippen LogP contribution in [0.3, 0.4) is 0 Å². The minimum absolute atomic E-state index is 0.0179. The van der Waals surface area contributed by atoms with Crippen LogP contribution in [0.15, 0.2) is 18.2 Å². The SMILES string of the molecule is Nc1cccc2c1CN(C1C(=O)NC(=O)CC1(O)O)C2=O. The molecule has 1 aromatic carbocycles. The Morgan fingerprint density at radius 3 is 2.62 bits per heavy atom. The average molecular weight is 291 g/mol. The van der Waals surface area contributed by atoms with Crippen molar-refractivity contribution in [3.63, 3.8) is 0 Å². The van der Waals surface area contributed by atoms with Gasteiger partial charge in [0.2, 0.25) is 11.7 Å². The highest BCUT2D eigenvalue weighted by Crippen LogP contribution is 2.33. The van der Waals surface area contributed by atoms with E-state index in [1.54, 1.807) is 18.2 Å². The molecule has 0 aliphatic carbocycles. The van der Waals surface area contributed by atoms with Gasteiger partial charge in [0.05, 0.1) is 6.42 Å². The molecule has 8 heteroatoms. The third kappa shape index (κ3) is 1.96. The molecule has 21 heavy (non-hydrogen) atoms. The van der Waals surface area contributed by atoms with Gasteiger partial charge in [-0.25, -0.2) is 0 Å². The molecule has 3 amide bonds. The van der Waals surface area contributed by atoms with Crippen LogP contribution in [0, 0.1) is 0 Å². The van der Waals surface area contributed by atoms with Crippen LogP contribution < -0.4 is 11.1 Å². The molecule has 1 unspecified atom stereocenters. The van der Waals surface area contributed by atoms with Crippen LogP contribution in [-0.4, -0.2) is 44.7 Å². The van der Waals surface area contributed by atoms with Crippen molar-refractivity contribution in [1.82, 2.24) is 10.2 Å². The Morgan fingerprint density at radius 2 is 2.00 bits per heavy atom. The lowest BCUT2D eigenvalue weighted by Crippen LogP contribution is -2.66. The fraction of sp³-hybridized carbons (Fsp3) is 0.308. The Kier molecular flexibility index (Phi) is 2.75. The van der Waals surface area contributed by atoms with E-state index in [9.17, 15) is 24.6 Å². The number of nitrogen functional groups attached to an aromatic ring is 1. The number of nitrogens with zero attached hydrogens (tertiary/aromatic N) is 1. The number of hydrogen-bond acceptors (Lipinski definition) is 6. The van der Waals surface area contributed by atoms with E-state index < -0.39 is 36.0 Å². The molecule has 1 atom stereocenters. The summed E-state index contributed by atoms with van der Waals surface area (Å²) >= 11 is 0. The molecule has 0 spiro atoms. The highest BCUT2D eigenvalue weighted by molar-refractivity contribution is 6.06. The first kappa shape index (κ1) is 13.5. The van der Waals surface area contributed by atoms with Crippen molar-refractivity contribution >= 4 is 23.4 Å². The number of fused-ring (bicyclic) bond motifs is 1. The minimum atomic E-state index is -2.61. The molecular formula is C13H13N3O5. The predicted octanol–water partition coefficient (Wildman–Crippen LogP) is -1.68. The maximum atomic E-state index is 12.3.